The molecule has 1 aromatic heterocycles. The fourth-order valence-corrected chi connectivity index (χ4v) is 1.89. The van der Waals surface area contributed by atoms with E-state index in [1.54, 1.807) is 22.6 Å². The highest BCUT2D eigenvalue weighted by Crippen LogP contribution is 2.29. The normalized spacial score (nSPS) is 10.6. The Morgan fingerprint density at radius 1 is 1.69 bits per heavy atom. The maximum Gasteiger partial charge on any atom is 0.338 e. The quantitative estimate of drug-likeness (QED) is 0.518. The van der Waals surface area contributed by atoms with E-state index < -0.39 is 18.0 Å². The summed E-state index contributed by atoms with van der Waals surface area (Å²) < 4.78 is 30.2. The number of aromatic nitrogens is 1. The Morgan fingerprint density at radius 3 is 2.75 bits per heavy atom. The summed E-state index contributed by atoms with van der Waals surface area (Å²) in [5.41, 5.74) is 5.02. The van der Waals surface area contributed by atoms with E-state index in [0.29, 0.717) is 0 Å². The number of carbonyl (C=O) groups excluding carboxylic acids is 1. The Hall–Kier alpha value is -0.830. The summed E-state index contributed by atoms with van der Waals surface area (Å²) in [5, 5.41) is 0. The van der Waals surface area contributed by atoms with E-state index in [2.05, 4.69) is 9.72 Å². The van der Waals surface area contributed by atoms with Crippen molar-refractivity contribution in [2.45, 2.75) is 13.0 Å². The van der Waals surface area contributed by atoms with Gasteiger partial charge in [-0.15, -0.1) is 0 Å². The van der Waals surface area contributed by atoms with Gasteiger partial charge in [0.15, 0.2) is 0 Å². The number of hydrogen-bond acceptors (Lipinski definition) is 4. The first-order valence-electron chi connectivity index (χ1n) is 4.26. The standard InChI is InChI=1S/C9H9F2IN2O2/c1-16-9(15)5-4(2-13)3-14-8(12)6(5)7(10)11/h3,7H,2,13H2,1H3. The number of pyridine rings is 1. The van der Waals surface area contributed by atoms with Crippen molar-refractivity contribution in [3.63, 3.8) is 0 Å². The molecule has 1 heterocycles. The number of halogens is 3. The molecular weight excluding hydrogens is 333 g/mol. The predicted octanol–water partition coefficient (Wildman–Crippen LogP) is 1.87. The van der Waals surface area contributed by atoms with E-state index in [4.69, 9.17) is 5.73 Å². The fourth-order valence-electron chi connectivity index (χ4n) is 1.24. The van der Waals surface area contributed by atoms with E-state index in [1.807, 2.05) is 0 Å². The summed E-state index contributed by atoms with van der Waals surface area (Å²) in [7, 11) is 1.13. The number of methoxy groups -OCH3 is 1. The second-order valence-corrected chi connectivity index (χ2v) is 3.88. The first-order chi connectivity index (χ1) is 7.52. The maximum absolute atomic E-state index is 12.8. The fraction of sp³-hybridized carbons (Fsp3) is 0.333. The van der Waals surface area contributed by atoms with Gasteiger partial charge in [0.05, 0.1) is 18.2 Å². The number of esters is 1. The van der Waals surface area contributed by atoms with Crippen molar-refractivity contribution in [1.29, 1.82) is 0 Å². The molecule has 0 unspecified atom stereocenters. The Bertz CT molecular complexity index is 413. The molecule has 0 saturated carbocycles. The average Bonchev–Trinajstić information content (AvgIpc) is 2.27. The van der Waals surface area contributed by atoms with Gasteiger partial charge in [0.25, 0.3) is 6.43 Å². The number of nitrogens with two attached hydrogens (primary N) is 1. The van der Waals surface area contributed by atoms with E-state index in [1.165, 1.54) is 6.20 Å². The molecule has 7 heteroatoms. The third-order valence-electron chi connectivity index (χ3n) is 1.97. The zero-order chi connectivity index (χ0) is 12.3. The lowest BCUT2D eigenvalue weighted by Gasteiger charge is -2.12. The Labute approximate surface area is 104 Å². The molecule has 0 aliphatic heterocycles. The van der Waals surface area contributed by atoms with Crippen molar-refractivity contribution in [2.24, 2.45) is 5.73 Å². The van der Waals surface area contributed by atoms with Gasteiger partial charge in [0.2, 0.25) is 0 Å². The van der Waals surface area contributed by atoms with Crippen LogP contribution in [0.5, 0.6) is 0 Å². The number of rotatable bonds is 3. The largest absolute Gasteiger partial charge is 0.465 e. The number of nitrogens with zero attached hydrogens (tertiary/aromatic N) is 1. The molecule has 0 aromatic carbocycles. The molecule has 1 rings (SSSR count). The Morgan fingerprint density at radius 2 is 2.31 bits per heavy atom. The van der Waals surface area contributed by atoms with E-state index >= 15 is 0 Å². The summed E-state index contributed by atoms with van der Waals surface area (Å²) in [6.07, 6.45) is -1.49. The molecule has 4 nitrogen and oxygen atoms in total. The number of alkyl halides is 2. The molecule has 0 aliphatic carbocycles. The minimum Gasteiger partial charge on any atom is -0.465 e. The summed E-state index contributed by atoms with van der Waals surface area (Å²) in [6, 6.07) is 0. The molecular formula is C9H9F2IN2O2. The molecule has 2 N–H and O–H groups in total. The van der Waals surface area contributed by atoms with Crippen molar-refractivity contribution in [3.05, 3.63) is 26.6 Å². The Kier molecular flexibility index (Phi) is 4.54. The molecule has 0 radical (unpaired) electrons. The molecule has 0 atom stereocenters. The maximum atomic E-state index is 12.8. The van der Waals surface area contributed by atoms with Gasteiger partial charge < -0.3 is 10.5 Å². The van der Waals surface area contributed by atoms with Crippen molar-refractivity contribution >= 4 is 28.6 Å². The second kappa shape index (κ2) is 5.48. The molecule has 0 saturated heterocycles. The van der Waals surface area contributed by atoms with E-state index in [9.17, 15) is 13.6 Å². The van der Waals surface area contributed by atoms with Gasteiger partial charge in [-0.2, -0.15) is 0 Å². The van der Waals surface area contributed by atoms with Gasteiger partial charge in [0, 0.05) is 12.7 Å². The van der Waals surface area contributed by atoms with Crippen LogP contribution >= 0.6 is 22.6 Å². The van der Waals surface area contributed by atoms with Gasteiger partial charge in [-0.3, -0.25) is 0 Å². The number of ether oxygens (including phenoxy) is 1. The van der Waals surface area contributed by atoms with Gasteiger partial charge in [-0.05, 0) is 28.2 Å². The zero-order valence-electron chi connectivity index (χ0n) is 8.34. The minimum atomic E-state index is -2.79. The van der Waals surface area contributed by atoms with E-state index in [0.717, 1.165) is 7.11 Å². The summed E-state index contributed by atoms with van der Waals surface area (Å²) in [6.45, 7) is -0.0475. The number of hydrogen-bond donors (Lipinski definition) is 1. The molecule has 0 fully saturated rings. The smallest absolute Gasteiger partial charge is 0.338 e. The van der Waals surface area contributed by atoms with Gasteiger partial charge in [0.1, 0.15) is 3.70 Å². The highest BCUT2D eigenvalue weighted by atomic mass is 127. The highest BCUT2D eigenvalue weighted by Gasteiger charge is 2.25. The topological polar surface area (TPSA) is 65.2 Å². The van der Waals surface area contributed by atoms with Crippen LogP contribution in [-0.4, -0.2) is 18.1 Å². The monoisotopic (exact) mass is 342 g/mol. The molecule has 0 bridgehead atoms. The van der Waals surface area contributed by atoms with Crippen LogP contribution in [0.4, 0.5) is 8.78 Å². The Balaban J connectivity index is 3.48. The van der Waals surface area contributed by atoms with Crippen LogP contribution in [0.3, 0.4) is 0 Å². The minimum absolute atomic E-state index is 0.0475. The van der Waals surface area contributed by atoms with Crippen molar-refractivity contribution in [1.82, 2.24) is 4.98 Å². The van der Waals surface area contributed by atoms with Crippen LogP contribution in [0, 0.1) is 3.70 Å². The molecule has 88 valence electrons. The predicted molar refractivity (Wildman–Crippen MR) is 61.1 cm³/mol. The van der Waals surface area contributed by atoms with Crippen LogP contribution in [-0.2, 0) is 11.3 Å². The summed E-state index contributed by atoms with van der Waals surface area (Å²) in [5.74, 6) is -0.823. The van der Waals surface area contributed by atoms with Crippen molar-refractivity contribution in [2.75, 3.05) is 7.11 Å². The third kappa shape index (κ3) is 2.46. The van der Waals surface area contributed by atoms with Crippen molar-refractivity contribution in [3.8, 4) is 0 Å². The summed E-state index contributed by atoms with van der Waals surface area (Å²) >= 11 is 1.64. The van der Waals surface area contributed by atoms with Gasteiger partial charge in [-0.1, -0.05) is 0 Å². The lowest BCUT2D eigenvalue weighted by molar-refractivity contribution is 0.0587. The van der Waals surface area contributed by atoms with Crippen molar-refractivity contribution < 1.29 is 18.3 Å². The SMILES string of the molecule is COC(=O)c1c(CN)cnc(I)c1C(F)F. The van der Waals surface area contributed by atoms with Crippen LogP contribution in [0.15, 0.2) is 6.20 Å². The molecule has 16 heavy (non-hydrogen) atoms. The highest BCUT2D eigenvalue weighted by molar-refractivity contribution is 14.1. The molecule has 1 aromatic rings. The van der Waals surface area contributed by atoms with Crippen LogP contribution < -0.4 is 5.73 Å². The zero-order valence-corrected chi connectivity index (χ0v) is 10.5. The third-order valence-corrected chi connectivity index (χ3v) is 2.83. The van der Waals surface area contributed by atoms with Crippen LogP contribution in [0.2, 0.25) is 0 Å². The first-order valence-corrected chi connectivity index (χ1v) is 5.34. The lowest BCUT2D eigenvalue weighted by Crippen LogP contribution is -2.15. The molecule has 0 amide bonds. The van der Waals surface area contributed by atoms with Crippen LogP contribution in [0.25, 0.3) is 0 Å². The first kappa shape index (κ1) is 13.2. The van der Waals surface area contributed by atoms with E-state index in [-0.39, 0.29) is 21.4 Å². The molecule has 0 aliphatic rings. The second-order valence-electron chi connectivity index (χ2n) is 2.86. The van der Waals surface area contributed by atoms with Gasteiger partial charge in [-0.25, -0.2) is 18.6 Å². The number of carbonyl (C=O) groups is 1. The van der Waals surface area contributed by atoms with Gasteiger partial charge >= 0.3 is 5.97 Å². The molecule has 0 spiro atoms. The average molecular weight is 342 g/mol. The lowest BCUT2D eigenvalue weighted by atomic mass is 10.0. The van der Waals surface area contributed by atoms with Crippen LogP contribution in [0.1, 0.15) is 27.9 Å². The summed E-state index contributed by atoms with van der Waals surface area (Å²) in [4.78, 5) is 15.2.